The van der Waals surface area contributed by atoms with Gasteiger partial charge in [-0.3, -0.25) is 13.8 Å². The SMILES string of the molecule is C[C@H](C(=O)N(C)c1ccccc1)[S@@](=O)Cc1cccc(C(N)=O)c1. The standard InChI is InChI=1S/C18H20N2O3S/c1-13(18(22)20(2)16-9-4-3-5-10-16)24(23)12-14-7-6-8-15(11-14)17(19)21/h3-11,13H,12H2,1-2H3,(H2,19,21)/t13-,24+/m1/s1. The number of primary amides is 1. The highest BCUT2D eigenvalue weighted by atomic mass is 32.2. The molecule has 2 atom stereocenters. The number of anilines is 1. The molecule has 0 aromatic heterocycles. The zero-order chi connectivity index (χ0) is 17.7. The topological polar surface area (TPSA) is 80.5 Å². The predicted octanol–water partition coefficient (Wildman–Crippen LogP) is 2.09. The van der Waals surface area contributed by atoms with Gasteiger partial charge in [0.15, 0.2) is 0 Å². The molecule has 0 heterocycles. The van der Waals surface area contributed by atoms with Gasteiger partial charge in [-0.1, -0.05) is 30.3 Å². The highest BCUT2D eigenvalue weighted by molar-refractivity contribution is 7.85. The number of rotatable bonds is 6. The van der Waals surface area contributed by atoms with Gasteiger partial charge in [0, 0.05) is 34.9 Å². The van der Waals surface area contributed by atoms with Gasteiger partial charge in [0.25, 0.3) is 0 Å². The molecule has 0 bridgehead atoms. The van der Waals surface area contributed by atoms with Crippen LogP contribution in [-0.2, 0) is 21.3 Å². The summed E-state index contributed by atoms with van der Waals surface area (Å²) in [6.45, 7) is 1.65. The molecule has 2 aromatic rings. The lowest BCUT2D eigenvalue weighted by Crippen LogP contribution is -2.37. The fraction of sp³-hybridized carbons (Fsp3) is 0.222. The lowest BCUT2D eigenvalue weighted by atomic mass is 10.1. The summed E-state index contributed by atoms with van der Waals surface area (Å²) < 4.78 is 12.5. The first-order valence-corrected chi connectivity index (χ1v) is 8.87. The van der Waals surface area contributed by atoms with Crippen molar-refractivity contribution in [3.05, 3.63) is 65.7 Å². The Bertz CT molecular complexity index is 762. The summed E-state index contributed by atoms with van der Waals surface area (Å²) in [7, 11) is 0.261. The Balaban J connectivity index is 2.08. The predicted molar refractivity (Wildman–Crippen MR) is 96.1 cm³/mol. The number of amides is 2. The van der Waals surface area contributed by atoms with E-state index in [1.54, 1.807) is 38.2 Å². The molecule has 6 heteroatoms. The molecule has 24 heavy (non-hydrogen) atoms. The van der Waals surface area contributed by atoms with Gasteiger partial charge in [-0.05, 0) is 36.8 Å². The summed E-state index contributed by atoms with van der Waals surface area (Å²) in [4.78, 5) is 25.2. The Kier molecular flexibility index (Phi) is 5.87. The first-order valence-electron chi connectivity index (χ1n) is 7.48. The number of carbonyl (C=O) groups is 2. The van der Waals surface area contributed by atoms with E-state index in [0.717, 1.165) is 5.69 Å². The van der Waals surface area contributed by atoms with Gasteiger partial charge >= 0.3 is 0 Å². The summed E-state index contributed by atoms with van der Waals surface area (Å²) in [6.07, 6.45) is 0. The van der Waals surface area contributed by atoms with Crippen LogP contribution in [0.25, 0.3) is 0 Å². The van der Waals surface area contributed by atoms with Crippen LogP contribution in [0, 0.1) is 0 Å². The molecule has 126 valence electrons. The maximum Gasteiger partial charge on any atom is 0.248 e. The van der Waals surface area contributed by atoms with E-state index in [0.29, 0.717) is 11.1 Å². The highest BCUT2D eigenvalue weighted by Gasteiger charge is 2.24. The Labute approximate surface area is 143 Å². The van der Waals surface area contributed by atoms with E-state index in [2.05, 4.69) is 0 Å². The van der Waals surface area contributed by atoms with Crippen LogP contribution in [0.15, 0.2) is 54.6 Å². The number of nitrogens with zero attached hydrogens (tertiary/aromatic N) is 1. The molecular weight excluding hydrogens is 324 g/mol. The van der Waals surface area contributed by atoms with Crippen molar-refractivity contribution in [3.8, 4) is 0 Å². The Morgan fingerprint density at radius 1 is 1.12 bits per heavy atom. The van der Waals surface area contributed by atoms with Crippen molar-refractivity contribution in [2.75, 3.05) is 11.9 Å². The fourth-order valence-corrected chi connectivity index (χ4v) is 3.41. The van der Waals surface area contributed by atoms with Crippen molar-refractivity contribution in [2.45, 2.75) is 17.9 Å². The molecule has 2 N–H and O–H groups in total. The van der Waals surface area contributed by atoms with Gasteiger partial charge in [-0.2, -0.15) is 0 Å². The van der Waals surface area contributed by atoms with Crippen molar-refractivity contribution < 1.29 is 13.8 Å². The zero-order valence-electron chi connectivity index (χ0n) is 13.6. The average molecular weight is 344 g/mol. The maximum atomic E-state index is 12.5. The van der Waals surface area contributed by atoms with Crippen LogP contribution in [0.5, 0.6) is 0 Å². The molecule has 2 amide bonds. The fourth-order valence-electron chi connectivity index (χ4n) is 2.27. The third-order valence-corrected chi connectivity index (χ3v) is 5.34. The van der Waals surface area contributed by atoms with E-state index in [-0.39, 0.29) is 11.7 Å². The van der Waals surface area contributed by atoms with Crippen LogP contribution in [0.4, 0.5) is 5.69 Å². The number of benzene rings is 2. The largest absolute Gasteiger partial charge is 0.366 e. The average Bonchev–Trinajstić information content (AvgIpc) is 2.60. The molecule has 0 fully saturated rings. The molecule has 0 unspecified atom stereocenters. The van der Waals surface area contributed by atoms with Gasteiger partial charge in [0.05, 0.1) is 0 Å². The molecule has 2 aromatic carbocycles. The molecule has 0 saturated heterocycles. The van der Waals surface area contributed by atoms with E-state index < -0.39 is 22.0 Å². The van der Waals surface area contributed by atoms with Gasteiger partial charge in [-0.15, -0.1) is 0 Å². The number of nitrogens with two attached hydrogens (primary N) is 1. The minimum absolute atomic E-state index is 0.191. The molecule has 0 spiro atoms. The molecule has 2 rings (SSSR count). The van der Waals surface area contributed by atoms with Crippen molar-refractivity contribution in [3.63, 3.8) is 0 Å². The smallest absolute Gasteiger partial charge is 0.248 e. The van der Waals surface area contributed by atoms with E-state index in [9.17, 15) is 13.8 Å². The Hall–Kier alpha value is -2.47. The van der Waals surface area contributed by atoms with Gasteiger partial charge < -0.3 is 10.6 Å². The first kappa shape index (κ1) is 17.9. The minimum atomic E-state index is -1.41. The van der Waals surface area contributed by atoms with Crippen molar-refractivity contribution in [2.24, 2.45) is 5.73 Å². The van der Waals surface area contributed by atoms with Gasteiger partial charge in [-0.25, -0.2) is 0 Å². The van der Waals surface area contributed by atoms with Crippen molar-refractivity contribution >= 4 is 28.3 Å². The third kappa shape index (κ3) is 4.29. The molecule has 0 aliphatic carbocycles. The van der Waals surface area contributed by atoms with Crippen LogP contribution in [0.3, 0.4) is 0 Å². The first-order chi connectivity index (χ1) is 11.4. The highest BCUT2D eigenvalue weighted by Crippen LogP contribution is 2.16. The molecule has 0 saturated carbocycles. The van der Waals surface area contributed by atoms with Crippen LogP contribution in [0.2, 0.25) is 0 Å². The van der Waals surface area contributed by atoms with Crippen LogP contribution < -0.4 is 10.6 Å². The second-order valence-electron chi connectivity index (χ2n) is 5.46. The summed E-state index contributed by atoms with van der Waals surface area (Å²) in [5, 5.41) is -0.660. The van der Waals surface area contributed by atoms with E-state index in [4.69, 9.17) is 5.73 Å². The van der Waals surface area contributed by atoms with Crippen LogP contribution in [-0.4, -0.2) is 28.3 Å². The summed E-state index contributed by atoms with van der Waals surface area (Å²) in [5.74, 6) is -0.558. The Morgan fingerprint density at radius 3 is 2.42 bits per heavy atom. The number of carbonyl (C=O) groups excluding carboxylic acids is 2. The molecular formula is C18H20N2O3S. The Morgan fingerprint density at radius 2 is 1.79 bits per heavy atom. The maximum absolute atomic E-state index is 12.5. The quantitative estimate of drug-likeness (QED) is 0.871. The summed E-state index contributed by atoms with van der Waals surface area (Å²) >= 11 is 0. The lowest BCUT2D eigenvalue weighted by molar-refractivity contribution is -0.117. The van der Waals surface area contributed by atoms with Crippen LogP contribution in [0.1, 0.15) is 22.8 Å². The number of para-hydroxylation sites is 1. The summed E-state index contributed by atoms with van der Waals surface area (Å²) in [6, 6.07) is 15.9. The molecule has 0 aliphatic heterocycles. The van der Waals surface area contributed by atoms with E-state index in [1.165, 1.54) is 4.90 Å². The molecule has 0 aliphatic rings. The number of hydrogen-bond acceptors (Lipinski definition) is 3. The molecule has 5 nitrogen and oxygen atoms in total. The monoisotopic (exact) mass is 344 g/mol. The van der Waals surface area contributed by atoms with Crippen molar-refractivity contribution in [1.29, 1.82) is 0 Å². The minimum Gasteiger partial charge on any atom is -0.366 e. The normalized spacial score (nSPS) is 13.1. The van der Waals surface area contributed by atoms with Gasteiger partial charge in [0.1, 0.15) is 5.25 Å². The lowest BCUT2D eigenvalue weighted by Gasteiger charge is -2.21. The van der Waals surface area contributed by atoms with E-state index >= 15 is 0 Å². The van der Waals surface area contributed by atoms with Crippen molar-refractivity contribution in [1.82, 2.24) is 0 Å². The number of hydrogen-bond donors (Lipinski definition) is 1. The molecule has 0 radical (unpaired) electrons. The second-order valence-corrected chi connectivity index (χ2v) is 7.22. The second kappa shape index (κ2) is 7.88. The zero-order valence-corrected chi connectivity index (χ0v) is 14.5. The van der Waals surface area contributed by atoms with Gasteiger partial charge in [0.2, 0.25) is 11.8 Å². The third-order valence-electron chi connectivity index (χ3n) is 3.74. The van der Waals surface area contributed by atoms with E-state index in [1.807, 2.05) is 30.3 Å². The van der Waals surface area contributed by atoms with Crippen LogP contribution >= 0.6 is 0 Å². The summed E-state index contributed by atoms with van der Waals surface area (Å²) in [5.41, 5.74) is 7.08.